The number of anilines is 1. The van der Waals surface area contributed by atoms with Crippen molar-refractivity contribution in [2.45, 2.75) is 13.5 Å². The van der Waals surface area contributed by atoms with Gasteiger partial charge in [-0.3, -0.25) is 9.59 Å². The summed E-state index contributed by atoms with van der Waals surface area (Å²) in [7, 11) is 0. The molecule has 0 unspecified atom stereocenters. The number of carbonyl (C=O) groups excluding carboxylic acids is 2. The summed E-state index contributed by atoms with van der Waals surface area (Å²) in [5.41, 5.74) is 17.7. The topological polar surface area (TPSA) is 89.4 Å². The molecule has 0 saturated carbocycles. The number of hydrogen-bond donors (Lipinski definition) is 2. The lowest BCUT2D eigenvalue weighted by Crippen LogP contribution is -2.25. The molecular weight excluding hydrogens is 394 g/mol. The fourth-order valence-electron chi connectivity index (χ4n) is 3.45. The number of primary amides is 1. The molecule has 1 aliphatic rings. The molecule has 4 N–H and O–H groups in total. The van der Waals surface area contributed by atoms with E-state index in [1.54, 1.807) is 16.7 Å². The number of nitrogens with two attached hydrogens (primary N) is 2. The minimum absolute atomic E-state index is 0.0161. The Balaban J connectivity index is 0.00000101. The quantitative estimate of drug-likeness (QED) is 0.312. The molecule has 2 amide bonds. The summed E-state index contributed by atoms with van der Waals surface area (Å²) in [5.74, 6) is -0.0161. The molecule has 6 heteroatoms. The molecule has 1 aliphatic heterocycles. The van der Waals surface area contributed by atoms with Crippen molar-refractivity contribution in [3.05, 3.63) is 83.3 Å². The molecule has 0 bridgehead atoms. The van der Waals surface area contributed by atoms with Gasteiger partial charge in [0.25, 0.3) is 5.91 Å². The van der Waals surface area contributed by atoms with Crippen LogP contribution in [0, 0.1) is 0 Å². The molecule has 3 rings (SSSR count). The van der Waals surface area contributed by atoms with Crippen LogP contribution in [0.15, 0.2) is 66.6 Å². The van der Waals surface area contributed by atoms with Crippen molar-refractivity contribution in [3.8, 4) is 11.1 Å². The summed E-state index contributed by atoms with van der Waals surface area (Å²) < 4.78 is 0. The molecule has 0 spiro atoms. The first-order chi connectivity index (χ1) is 14.4. The lowest BCUT2D eigenvalue weighted by Gasteiger charge is -2.15. The summed E-state index contributed by atoms with van der Waals surface area (Å²) >= 11 is 1.65. The first kappa shape index (κ1) is 23.0. The van der Waals surface area contributed by atoms with Crippen molar-refractivity contribution in [1.82, 2.24) is 4.90 Å². The van der Waals surface area contributed by atoms with Crippen molar-refractivity contribution in [3.63, 3.8) is 0 Å². The van der Waals surface area contributed by atoms with Crippen LogP contribution in [-0.4, -0.2) is 30.0 Å². The van der Waals surface area contributed by atoms with E-state index in [0.717, 1.165) is 33.4 Å². The third-order valence-corrected chi connectivity index (χ3v) is 5.12. The van der Waals surface area contributed by atoms with Crippen molar-refractivity contribution in [2.75, 3.05) is 18.5 Å². The number of amides is 2. The molecule has 0 atom stereocenters. The molecular formula is C24H27N3O2S. The zero-order valence-corrected chi connectivity index (χ0v) is 18.2. The second kappa shape index (κ2) is 10.5. The Morgan fingerprint density at radius 1 is 1.30 bits per heavy atom. The average molecular weight is 422 g/mol. The van der Waals surface area contributed by atoms with Gasteiger partial charge in [0.2, 0.25) is 6.41 Å². The molecule has 0 aromatic heterocycles. The average Bonchev–Trinajstić information content (AvgIpc) is 3.03. The van der Waals surface area contributed by atoms with Gasteiger partial charge in [-0.2, -0.15) is 0 Å². The van der Waals surface area contributed by atoms with Crippen LogP contribution in [-0.2, 0) is 11.3 Å². The first-order valence-electron chi connectivity index (χ1n) is 9.34. The van der Waals surface area contributed by atoms with E-state index in [0.29, 0.717) is 24.3 Å². The Morgan fingerprint density at radius 3 is 2.60 bits per heavy atom. The van der Waals surface area contributed by atoms with E-state index in [9.17, 15) is 4.79 Å². The van der Waals surface area contributed by atoms with Gasteiger partial charge in [0.1, 0.15) is 0 Å². The van der Waals surface area contributed by atoms with Gasteiger partial charge in [-0.15, -0.1) is 11.8 Å². The summed E-state index contributed by atoms with van der Waals surface area (Å²) in [6.07, 6.45) is 4.14. The van der Waals surface area contributed by atoms with Gasteiger partial charge in [-0.05, 0) is 58.5 Å². The van der Waals surface area contributed by atoms with E-state index in [1.807, 2.05) is 37.5 Å². The zero-order chi connectivity index (χ0) is 22.3. The minimum Gasteiger partial charge on any atom is -0.398 e. The van der Waals surface area contributed by atoms with Gasteiger partial charge in [0, 0.05) is 18.8 Å². The molecule has 0 radical (unpaired) electrons. The number of hydrogen-bond acceptors (Lipinski definition) is 4. The zero-order valence-electron chi connectivity index (χ0n) is 17.4. The molecule has 156 valence electrons. The third-order valence-electron chi connectivity index (χ3n) is 4.63. The monoisotopic (exact) mass is 421 g/mol. The van der Waals surface area contributed by atoms with Gasteiger partial charge >= 0.3 is 0 Å². The Hall–Kier alpha value is -3.25. The lowest BCUT2D eigenvalue weighted by molar-refractivity contribution is -0.106. The third kappa shape index (κ3) is 5.02. The summed E-state index contributed by atoms with van der Waals surface area (Å²) in [5, 5.41) is 2.08. The number of nitrogen functional groups attached to an aromatic ring is 1. The highest BCUT2D eigenvalue weighted by atomic mass is 32.2. The highest BCUT2D eigenvalue weighted by Gasteiger charge is 2.31. The van der Waals surface area contributed by atoms with Crippen LogP contribution >= 0.6 is 11.8 Å². The Kier molecular flexibility index (Phi) is 8.07. The van der Waals surface area contributed by atoms with Crippen LogP contribution in [0.25, 0.3) is 16.7 Å². The van der Waals surface area contributed by atoms with Crippen LogP contribution in [0.3, 0.4) is 0 Å². The largest absolute Gasteiger partial charge is 0.398 e. The molecule has 0 aliphatic carbocycles. The van der Waals surface area contributed by atoms with Crippen LogP contribution < -0.4 is 11.5 Å². The first-order valence-corrected chi connectivity index (χ1v) is 10.6. The number of rotatable bonds is 6. The molecule has 5 nitrogen and oxygen atoms in total. The van der Waals surface area contributed by atoms with E-state index in [1.165, 1.54) is 0 Å². The number of carbonyl (C=O) groups is 2. The van der Waals surface area contributed by atoms with Gasteiger partial charge < -0.3 is 16.4 Å². The summed E-state index contributed by atoms with van der Waals surface area (Å²) in [6.45, 7) is 10.9. The van der Waals surface area contributed by atoms with Crippen molar-refractivity contribution < 1.29 is 9.59 Å². The second-order valence-electron chi connectivity index (χ2n) is 6.90. The van der Waals surface area contributed by atoms with E-state index >= 15 is 0 Å². The number of benzene rings is 2. The van der Waals surface area contributed by atoms with Gasteiger partial charge in [0.05, 0.1) is 5.56 Å². The predicted octanol–water partition coefficient (Wildman–Crippen LogP) is 4.46. The summed E-state index contributed by atoms with van der Waals surface area (Å²) in [6, 6.07) is 12.2. The Morgan fingerprint density at radius 2 is 2.00 bits per heavy atom. The molecule has 2 aromatic carbocycles. The van der Waals surface area contributed by atoms with E-state index in [2.05, 4.69) is 42.5 Å². The molecule has 2 aromatic rings. The lowest BCUT2D eigenvalue weighted by atomic mass is 9.93. The normalized spacial score (nSPS) is 12.7. The van der Waals surface area contributed by atoms with E-state index < -0.39 is 0 Å². The predicted molar refractivity (Wildman–Crippen MR) is 128 cm³/mol. The van der Waals surface area contributed by atoms with E-state index in [4.69, 9.17) is 10.5 Å². The van der Waals surface area contributed by atoms with Crippen molar-refractivity contribution in [1.29, 1.82) is 0 Å². The van der Waals surface area contributed by atoms with Gasteiger partial charge in [-0.25, -0.2) is 0 Å². The number of fused-ring (bicyclic) bond motifs is 1. The maximum atomic E-state index is 12.8. The molecule has 1 heterocycles. The fraction of sp³-hybridized carbons (Fsp3) is 0.167. The Labute approximate surface area is 182 Å². The van der Waals surface area contributed by atoms with Gasteiger partial charge in [0.15, 0.2) is 0 Å². The maximum Gasteiger partial charge on any atom is 0.256 e. The van der Waals surface area contributed by atoms with Gasteiger partial charge in [-0.1, -0.05) is 49.1 Å². The number of nitrogens with zero attached hydrogens (tertiary/aromatic N) is 1. The highest BCUT2D eigenvalue weighted by Crippen LogP contribution is 2.37. The van der Waals surface area contributed by atoms with E-state index in [-0.39, 0.29) is 12.3 Å². The molecule has 0 saturated heterocycles. The molecule has 30 heavy (non-hydrogen) atoms. The maximum absolute atomic E-state index is 12.8. The second-order valence-corrected chi connectivity index (χ2v) is 7.61. The number of allylic oxidation sites excluding steroid dienone is 2. The smallest absolute Gasteiger partial charge is 0.256 e. The van der Waals surface area contributed by atoms with Crippen LogP contribution in [0.4, 0.5) is 5.69 Å². The molecule has 0 fully saturated rings. The number of thioether (sulfide) groups is 1. The fourth-order valence-corrected chi connectivity index (χ4v) is 3.94. The van der Waals surface area contributed by atoms with Crippen LogP contribution in [0.1, 0.15) is 28.4 Å². The SMILES string of the molecule is C=C/C(=C\SC)c1cccc(-c2ccc(N)c3c2CN(CC(=C)C)C3=O)c1.NC=O. The summed E-state index contributed by atoms with van der Waals surface area (Å²) in [4.78, 5) is 23.2. The minimum atomic E-state index is -0.0161. The highest BCUT2D eigenvalue weighted by molar-refractivity contribution is 8.01. The Bertz CT molecular complexity index is 1010. The van der Waals surface area contributed by atoms with Crippen LogP contribution in [0.2, 0.25) is 0 Å². The van der Waals surface area contributed by atoms with Crippen molar-refractivity contribution in [2.24, 2.45) is 5.73 Å². The standard InChI is InChI=1S/C23H24N2OS.CH3NO/c1-5-16(14-27-4)17-7-6-8-18(11-17)19-9-10-21(24)22-20(19)13-25(23(22)26)12-15(2)3;2-1-3/h5-11,14H,1-2,12-13,24H2,3-4H3;1H,(H2,2,3)/b16-14+;. The van der Waals surface area contributed by atoms with Crippen molar-refractivity contribution >= 4 is 35.3 Å². The van der Waals surface area contributed by atoms with Crippen LogP contribution in [0.5, 0.6) is 0 Å².